The van der Waals surface area contributed by atoms with Crippen molar-refractivity contribution in [2.75, 3.05) is 0 Å². The molecule has 0 aliphatic carbocycles. The highest BCUT2D eigenvalue weighted by atomic mass is 15.1. The molecule has 0 aliphatic heterocycles. The lowest BCUT2D eigenvalue weighted by Gasteiger charge is -2.11. The van der Waals surface area contributed by atoms with E-state index in [4.69, 9.17) is 9.97 Å². The summed E-state index contributed by atoms with van der Waals surface area (Å²) in [4.78, 5) is 9.98. The first-order valence-electron chi connectivity index (χ1n) is 13.2. The summed E-state index contributed by atoms with van der Waals surface area (Å²) >= 11 is 0. The van der Waals surface area contributed by atoms with Gasteiger partial charge < -0.3 is 8.97 Å². The summed E-state index contributed by atoms with van der Waals surface area (Å²) in [6.45, 7) is 5.10. The number of pyridine rings is 1. The second kappa shape index (κ2) is 9.99. The van der Waals surface area contributed by atoms with Crippen LogP contribution in [0.4, 0.5) is 0 Å². The maximum atomic E-state index is 9.51. The average molecular weight is 496 g/mol. The molecule has 0 amide bonds. The van der Waals surface area contributed by atoms with E-state index in [1.165, 1.54) is 5.56 Å². The van der Waals surface area contributed by atoms with Gasteiger partial charge in [-0.2, -0.15) is 5.26 Å². The lowest BCUT2D eigenvalue weighted by molar-refractivity contribution is 0.690. The normalized spacial score (nSPS) is 11.3. The Morgan fingerprint density at radius 2 is 1.71 bits per heavy atom. The lowest BCUT2D eigenvalue weighted by Crippen LogP contribution is -2.05. The molecule has 0 N–H and O–H groups in total. The topological polar surface area (TPSA) is 58.9 Å². The van der Waals surface area contributed by atoms with Crippen LogP contribution in [0.5, 0.6) is 0 Å². The van der Waals surface area contributed by atoms with Gasteiger partial charge in [0, 0.05) is 30.9 Å². The van der Waals surface area contributed by atoms with Gasteiger partial charge in [-0.15, -0.1) is 0 Å². The summed E-state index contributed by atoms with van der Waals surface area (Å²) < 4.78 is 4.43. The maximum absolute atomic E-state index is 9.51. The van der Waals surface area contributed by atoms with Gasteiger partial charge in [-0.25, -0.2) is 9.97 Å². The standard InChI is InChI=1S/C33H29N5/c1-3-4-11-32-36-33-23(2)18-27(29-22-37-17-8-7-12-31(37)35-29)19-30(33)38(32)21-24-13-15-25(16-14-24)28-10-6-5-9-26(28)20-34/h5-10,12-19,22H,3-4,11,21H2,1-2H3. The van der Waals surface area contributed by atoms with Gasteiger partial charge in [0.15, 0.2) is 0 Å². The average Bonchev–Trinajstić information content (AvgIpc) is 3.54. The Labute approximate surface area is 222 Å². The number of nitrogens with zero attached hydrogens (tertiary/aromatic N) is 5. The maximum Gasteiger partial charge on any atom is 0.137 e. The number of aromatic nitrogens is 4. The van der Waals surface area contributed by atoms with Crippen LogP contribution in [0.15, 0.2) is 91.3 Å². The van der Waals surface area contributed by atoms with Crippen LogP contribution >= 0.6 is 0 Å². The quantitative estimate of drug-likeness (QED) is 0.229. The molecule has 6 aromatic rings. The lowest BCUT2D eigenvalue weighted by atomic mass is 9.99. The molecule has 186 valence electrons. The van der Waals surface area contributed by atoms with E-state index in [1.54, 1.807) is 0 Å². The monoisotopic (exact) mass is 495 g/mol. The third-order valence-corrected chi connectivity index (χ3v) is 7.19. The fourth-order valence-electron chi connectivity index (χ4n) is 5.17. The molecule has 0 saturated carbocycles. The van der Waals surface area contributed by atoms with Crippen molar-refractivity contribution in [1.29, 1.82) is 5.26 Å². The van der Waals surface area contributed by atoms with E-state index in [2.05, 4.69) is 71.5 Å². The third kappa shape index (κ3) is 4.35. The van der Waals surface area contributed by atoms with E-state index in [-0.39, 0.29) is 0 Å². The molecule has 0 radical (unpaired) electrons. The first kappa shape index (κ1) is 23.7. The molecule has 0 aliphatic rings. The van der Waals surface area contributed by atoms with E-state index in [0.717, 1.165) is 76.3 Å². The van der Waals surface area contributed by atoms with E-state index in [9.17, 15) is 5.26 Å². The SMILES string of the molecule is CCCCc1nc2c(C)cc(-c3cn4ccccc4n3)cc2n1Cc1ccc(-c2ccccc2C#N)cc1. The minimum absolute atomic E-state index is 0.692. The van der Waals surface area contributed by atoms with Gasteiger partial charge in [-0.1, -0.05) is 61.9 Å². The second-order valence-electron chi connectivity index (χ2n) is 9.83. The second-order valence-corrected chi connectivity index (χ2v) is 9.83. The fourth-order valence-corrected chi connectivity index (χ4v) is 5.17. The zero-order valence-electron chi connectivity index (χ0n) is 21.7. The largest absolute Gasteiger partial charge is 0.323 e. The van der Waals surface area contributed by atoms with Gasteiger partial charge in [-0.05, 0) is 65.9 Å². The number of benzene rings is 3. The highest BCUT2D eigenvalue weighted by Crippen LogP contribution is 2.30. The highest BCUT2D eigenvalue weighted by molar-refractivity contribution is 5.85. The zero-order valence-corrected chi connectivity index (χ0v) is 21.7. The summed E-state index contributed by atoms with van der Waals surface area (Å²) in [5.41, 5.74) is 10.3. The molecule has 0 spiro atoms. The van der Waals surface area contributed by atoms with Crippen LogP contribution < -0.4 is 0 Å². The Hall–Kier alpha value is -4.69. The van der Waals surface area contributed by atoms with Crippen LogP contribution in [-0.4, -0.2) is 18.9 Å². The number of hydrogen-bond acceptors (Lipinski definition) is 3. The van der Waals surface area contributed by atoms with E-state index in [0.29, 0.717) is 5.56 Å². The van der Waals surface area contributed by atoms with Crippen LogP contribution in [-0.2, 0) is 13.0 Å². The molecule has 38 heavy (non-hydrogen) atoms. The van der Waals surface area contributed by atoms with Crippen molar-refractivity contribution in [1.82, 2.24) is 18.9 Å². The number of imidazole rings is 2. The van der Waals surface area contributed by atoms with Gasteiger partial charge in [0.2, 0.25) is 0 Å². The van der Waals surface area contributed by atoms with Crippen molar-refractivity contribution in [3.05, 3.63) is 114 Å². The number of hydrogen-bond donors (Lipinski definition) is 0. The van der Waals surface area contributed by atoms with Gasteiger partial charge in [0.25, 0.3) is 0 Å². The molecule has 0 saturated heterocycles. The Bertz CT molecular complexity index is 1760. The number of aryl methyl sites for hydroxylation is 2. The Kier molecular flexibility index (Phi) is 6.23. The molecule has 0 bridgehead atoms. The van der Waals surface area contributed by atoms with E-state index in [1.807, 2.05) is 48.7 Å². The van der Waals surface area contributed by atoms with Gasteiger partial charge in [0.05, 0.1) is 28.4 Å². The first-order chi connectivity index (χ1) is 18.6. The number of rotatable bonds is 7. The molecule has 3 aromatic carbocycles. The summed E-state index contributed by atoms with van der Waals surface area (Å²) in [7, 11) is 0. The van der Waals surface area contributed by atoms with Crippen LogP contribution in [0, 0.1) is 18.3 Å². The van der Waals surface area contributed by atoms with Crippen molar-refractivity contribution in [2.45, 2.75) is 39.7 Å². The van der Waals surface area contributed by atoms with Crippen LogP contribution in [0.2, 0.25) is 0 Å². The fraction of sp³-hybridized carbons (Fsp3) is 0.182. The Morgan fingerprint density at radius 3 is 2.50 bits per heavy atom. The summed E-state index contributed by atoms with van der Waals surface area (Å²) in [6, 6.07) is 29.1. The van der Waals surface area contributed by atoms with Crippen molar-refractivity contribution >= 4 is 16.7 Å². The number of fused-ring (bicyclic) bond motifs is 2. The van der Waals surface area contributed by atoms with Gasteiger partial charge in [-0.3, -0.25) is 0 Å². The smallest absolute Gasteiger partial charge is 0.137 e. The molecule has 6 rings (SSSR count). The first-order valence-corrected chi connectivity index (χ1v) is 13.2. The number of nitriles is 1. The third-order valence-electron chi connectivity index (χ3n) is 7.19. The van der Waals surface area contributed by atoms with E-state index >= 15 is 0 Å². The van der Waals surface area contributed by atoms with Crippen molar-refractivity contribution in [2.24, 2.45) is 0 Å². The molecule has 5 nitrogen and oxygen atoms in total. The minimum Gasteiger partial charge on any atom is -0.323 e. The summed E-state index contributed by atoms with van der Waals surface area (Å²) in [5.74, 6) is 1.12. The van der Waals surface area contributed by atoms with Crippen LogP contribution in [0.25, 0.3) is 39.1 Å². The summed E-state index contributed by atoms with van der Waals surface area (Å²) in [6.07, 6.45) is 7.30. The molecule has 3 heterocycles. The minimum atomic E-state index is 0.692. The predicted molar refractivity (Wildman–Crippen MR) is 153 cm³/mol. The van der Waals surface area contributed by atoms with Gasteiger partial charge in [0.1, 0.15) is 11.5 Å². The summed E-state index contributed by atoms with van der Waals surface area (Å²) in [5, 5.41) is 9.51. The molecule has 3 aromatic heterocycles. The highest BCUT2D eigenvalue weighted by Gasteiger charge is 2.16. The molecular weight excluding hydrogens is 466 g/mol. The Morgan fingerprint density at radius 1 is 0.895 bits per heavy atom. The van der Waals surface area contributed by atoms with E-state index < -0.39 is 0 Å². The zero-order chi connectivity index (χ0) is 26.1. The number of unbranched alkanes of at least 4 members (excludes halogenated alkanes) is 1. The van der Waals surface area contributed by atoms with Crippen molar-refractivity contribution < 1.29 is 0 Å². The van der Waals surface area contributed by atoms with Crippen LogP contribution in [0.3, 0.4) is 0 Å². The predicted octanol–water partition coefficient (Wildman–Crippen LogP) is 7.59. The molecule has 5 heteroatoms. The van der Waals surface area contributed by atoms with Crippen LogP contribution in [0.1, 0.15) is 42.3 Å². The molecule has 0 atom stereocenters. The van der Waals surface area contributed by atoms with Crippen molar-refractivity contribution in [3.8, 4) is 28.5 Å². The molecular formula is C33H29N5. The Balaban J connectivity index is 1.41. The molecule has 0 fully saturated rings. The van der Waals surface area contributed by atoms with Gasteiger partial charge >= 0.3 is 0 Å². The molecule has 0 unspecified atom stereocenters. The van der Waals surface area contributed by atoms with Crippen molar-refractivity contribution in [3.63, 3.8) is 0 Å².